The van der Waals surface area contributed by atoms with Gasteiger partial charge in [0.2, 0.25) is 0 Å². The number of rotatable bonds is 11. The lowest BCUT2D eigenvalue weighted by molar-refractivity contribution is -0.0942. The standard InChI is InChI=1S/C44H37N5O7/c1-54-34-24-22-33(23-25-34)44(31-18-10-4-11-19-31,32-20-12-5-13-21-32)55-26-35-37(50)38(51)43(56-35)48-28-47-36-39(48)45-27-46-40(36)49(41(52)29-14-6-2-7-15-29)42(53)30-16-8-3-9-17-30/h2-25,27-28,35,37-38,43,50-51H,26H2,1H3/t35-,37-,38-,43-/m1/s1. The number of methoxy groups -OCH3 is 1. The lowest BCUT2D eigenvalue weighted by atomic mass is 9.80. The number of aliphatic hydroxyl groups is 2. The Balaban J connectivity index is 1.14. The maximum absolute atomic E-state index is 14.0. The number of fused-ring (bicyclic) bond motifs is 1. The van der Waals surface area contributed by atoms with Gasteiger partial charge < -0.3 is 24.4 Å². The summed E-state index contributed by atoms with van der Waals surface area (Å²) in [6.07, 6.45) is -2.40. The second-order valence-electron chi connectivity index (χ2n) is 13.2. The minimum atomic E-state index is -1.43. The van der Waals surface area contributed by atoms with Crippen LogP contribution in [0.2, 0.25) is 0 Å². The Bertz CT molecular complexity index is 2340. The number of aromatic nitrogens is 4. The number of hydrogen-bond acceptors (Lipinski definition) is 10. The number of imide groups is 1. The molecule has 56 heavy (non-hydrogen) atoms. The molecule has 3 heterocycles. The normalized spacial score (nSPS) is 18.1. The molecule has 0 spiro atoms. The summed E-state index contributed by atoms with van der Waals surface area (Å²) in [6.45, 7) is -0.137. The van der Waals surface area contributed by atoms with Gasteiger partial charge in [-0.2, -0.15) is 0 Å². The van der Waals surface area contributed by atoms with Crippen molar-refractivity contribution in [3.8, 4) is 5.75 Å². The van der Waals surface area contributed by atoms with Crippen molar-refractivity contribution in [1.29, 1.82) is 0 Å². The number of nitrogens with zero attached hydrogens (tertiary/aromatic N) is 5. The second-order valence-corrected chi connectivity index (χ2v) is 13.2. The van der Waals surface area contributed by atoms with E-state index in [0.29, 0.717) is 5.75 Å². The summed E-state index contributed by atoms with van der Waals surface area (Å²) >= 11 is 0. The van der Waals surface area contributed by atoms with Crippen molar-refractivity contribution in [2.24, 2.45) is 0 Å². The van der Waals surface area contributed by atoms with E-state index in [1.807, 2.05) is 84.9 Å². The Kier molecular flexibility index (Phi) is 10.2. The average molecular weight is 748 g/mol. The van der Waals surface area contributed by atoms with Gasteiger partial charge in [-0.05, 0) is 53.1 Å². The van der Waals surface area contributed by atoms with Crippen molar-refractivity contribution < 1.29 is 34.0 Å². The Hall–Kier alpha value is -6.57. The average Bonchev–Trinajstić information content (AvgIpc) is 3.82. The lowest BCUT2D eigenvalue weighted by Crippen LogP contribution is -2.39. The maximum Gasteiger partial charge on any atom is 0.266 e. The molecule has 12 heteroatoms. The van der Waals surface area contributed by atoms with Crippen molar-refractivity contribution in [1.82, 2.24) is 19.5 Å². The van der Waals surface area contributed by atoms with Crippen molar-refractivity contribution in [3.63, 3.8) is 0 Å². The van der Waals surface area contributed by atoms with Gasteiger partial charge >= 0.3 is 0 Å². The smallest absolute Gasteiger partial charge is 0.266 e. The summed E-state index contributed by atoms with van der Waals surface area (Å²) in [5.74, 6) is -0.605. The SMILES string of the molecule is COc1ccc(C(OC[C@H]2O[C@@H](n3cnc4c(N(C(=O)c5ccccc5)C(=O)c5ccccc5)ncnc43)[C@H](O)[C@@H]2O)(c2ccccc2)c2ccccc2)cc1. The van der Waals surface area contributed by atoms with Crippen LogP contribution in [-0.4, -0.2) is 73.6 Å². The minimum Gasteiger partial charge on any atom is -0.497 e. The van der Waals surface area contributed by atoms with E-state index >= 15 is 0 Å². The fourth-order valence-electron chi connectivity index (χ4n) is 7.12. The quantitative estimate of drug-likeness (QED) is 0.120. The fourth-order valence-corrected chi connectivity index (χ4v) is 7.12. The third kappa shape index (κ3) is 6.60. The second kappa shape index (κ2) is 15.7. The predicted molar refractivity (Wildman–Crippen MR) is 207 cm³/mol. The first kappa shape index (κ1) is 36.4. The van der Waals surface area contributed by atoms with E-state index in [2.05, 4.69) is 15.0 Å². The Morgan fingerprint density at radius 3 is 1.75 bits per heavy atom. The van der Waals surface area contributed by atoms with Crippen LogP contribution in [0.25, 0.3) is 11.2 Å². The summed E-state index contributed by atoms with van der Waals surface area (Å²) < 4.78 is 20.2. The Labute approximate surface area is 322 Å². The van der Waals surface area contributed by atoms with Gasteiger partial charge in [-0.25, -0.2) is 19.9 Å². The number of benzene rings is 5. The summed E-state index contributed by atoms with van der Waals surface area (Å²) in [6, 6.07) is 43.9. The molecule has 8 rings (SSSR count). The number of anilines is 1. The van der Waals surface area contributed by atoms with E-state index in [0.717, 1.165) is 21.6 Å². The zero-order chi connectivity index (χ0) is 38.6. The van der Waals surface area contributed by atoms with Crippen molar-refractivity contribution >= 4 is 28.8 Å². The molecule has 2 aromatic heterocycles. The van der Waals surface area contributed by atoms with E-state index in [-0.39, 0.29) is 34.7 Å². The monoisotopic (exact) mass is 747 g/mol. The van der Waals surface area contributed by atoms with Crippen LogP contribution >= 0.6 is 0 Å². The molecule has 0 saturated carbocycles. The molecule has 5 aromatic carbocycles. The first-order chi connectivity index (χ1) is 27.4. The number of ether oxygens (including phenoxy) is 3. The van der Waals surface area contributed by atoms with Crippen molar-refractivity contribution in [2.45, 2.75) is 30.1 Å². The molecule has 2 N–H and O–H groups in total. The molecule has 1 fully saturated rings. The summed E-state index contributed by atoms with van der Waals surface area (Å²) in [4.78, 5) is 42.2. The summed E-state index contributed by atoms with van der Waals surface area (Å²) in [5.41, 5.74) is 2.14. The highest BCUT2D eigenvalue weighted by Crippen LogP contribution is 2.42. The molecule has 4 atom stereocenters. The van der Waals surface area contributed by atoms with Crippen LogP contribution in [0.4, 0.5) is 5.82 Å². The van der Waals surface area contributed by atoms with Gasteiger partial charge in [0.05, 0.1) is 20.0 Å². The molecule has 0 unspecified atom stereocenters. The predicted octanol–water partition coefficient (Wildman–Crippen LogP) is 5.95. The van der Waals surface area contributed by atoms with Gasteiger partial charge in [0.25, 0.3) is 11.8 Å². The zero-order valence-electron chi connectivity index (χ0n) is 30.2. The summed E-state index contributed by atoms with van der Waals surface area (Å²) in [5, 5.41) is 23.0. The molecule has 280 valence electrons. The molecule has 2 amide bonds. The highest BCUT2D eigenvalue weighted by Gasteiger charge is 2.47. The number of amides is 2. The van der Waals surface area contributed by atoms with Gasteiger partial charge in [-0.15, -0.1) is 0 Å². The van der Waals surface area contributed by atoms with E-state index < -0.39 is 42.0 Å². The van der Waals surface area contributed by atoms with Gasteiger partial charge in [0.1, 0.15) is 36.0 Å². The third-order valence-corrected chi connectivity index (χ3v) is 9.93. The number of imidazole rings is 1. The lowest BCUT2D eigenvalue weighted by Gasteiger charge is -2.37. The van der Waals surface area contributed by atoms with Crippen LogP contribution in [0.5, 0.6) is 5.75 Å². The minimum absolute atomic E-state index is 0.0561. The molecule has 12 nitrogen and oxygen atoms in total. The van der Waals surface area contributed by atoms with Gasteiger partial charge in [-0.3, -0.25) is 14.2 Å². The van der Waals surface area contributed by atoms with Crippen LogP contribution in [-0.2, 0) is 15.1 Å². The molecule has 0 aliphatic carbocycles. The molecule has 1 aliphatic rings. The highest BCUT2D eigenvalue weighted by atomic mass is 16.6. The molecular weight excluding hydrogens is 711 g/mol. The summed E-state index contributed by atoms with van der Waals surface area (Å²) in [7, 11) is 1.61. The van der Waals surface area contributed by atoms with Crippen molar-refractivity contribution in [3.05, 3.63) is 186 Å². The first-order valence-corrected chi connectivity index (χ1v) is 18.0. The number of hydrogen-bond donors (Lipinski definition) is 2. The highest BCUT2D eigenvalue weighted by molar-refractivity contribution is 6.27. The fraction of sp³-hybridized carbons (Fsp3) is 0.159. The van der Waals surface area contributed by atoms with Crippen LogP contribution in [0, 0.1) is 0 Å². The van der Waals surface area contributed by atoms with Gasteiger partial charge in [0, 0.05) is 11.1 Å². The van der Waals surface area contributed by atoms with E-state index in [1.165, 1.54) is 17.2 Å². The van der Waals surface area contributed by atoms with E-state index in [1.54, 1.807) is 67.8 Å². The van der Waals surface area contributed by atoms with Crippen molar-refractivity contribution in [2.75, 3.05) is 18.6 Å². The van der Waals surface area contributed by atoms with Crippen LogP contribution in [0.1, 0.15) is 43.6 Å². The molecule has 0 radical (unpaired) electrons. The largest absolute Gasteiger partial charge is 0.497 e. The van der Waals surface area contributed by atoms with Crippen LogP contribution in [0.3, 0.4) is 0 Å². The van der Waals surface area contributed by atoms with Gasteiger partial charge in [-0.1, -0.05) is 109 Å². The van der Waals surface area contributed by atoms with E-state index in [9.17, 15) is 19.8 Å². The Morgan fingerprint density at radius 1 is 0.696 bits per heavy atom. The molecule has 7 aromatic rings. The first-order valence-electron chi connectivity index (χ1n) is 18.0. The number of carbonyl (C=O) groups is 2. The third-order valence-electron chi connectivity index (χ3n) is 9.93. The number of aliphatic hydroxyl groups excluding tert-OH is 2. The zero-order valence-corrected chi connectivity index (χ0v) is 30.2. The topological polar surface area (TPSA) is 149 Å². The van der Waals surface area contributed by atoms with E-state index in [4.69, 9.17) is 14.2 Å². The molecular formula is C44H37N5O7. The van der Waals surface area contributed by atoms with Crippen LogP contribution < -0.4 is 9.64 Å². The molecule has 1 saturated heterocycles. The Morgan fingerprint density at radius 2 is 1.21 bits per heavy atom. The van der Waals surface area contributed by atoms with Crippen LogP contribution in [0.15, 0.2) is 158 Å². The number of carbonyl (C=O) groups excluding carboxylic acids is 2. The van der Waals surface area contributed by atoms with Gasteiger partial charge in [0.15, 0.2) is 23.2 Å². The maximum atomic E-state index is 14.0. The molecule has 0 bridgehead atoms. The molecule has 1 aliphatic heterocycles.